The third-order valence-electron chi connectivity index (χ3n) is 6.91. The van der Waals surface area contributed by atoms with Gasteiger partial charge in [0.2, 0.25) is 0 Å². The molecule has 0 aliphatic carbocycles. The summed E-state index contributed by atoms with van der Waals surface area (Å²) >= 11 is 5.56. The van der Waals surface area contributed by atoms with E-state index in [1.54, 1.807) is 29.8 Å². The number of fused-ring (bicyclic) bond motifs is 1. The van der Waals surface area contributed by atoms with Crippen LogP contribution in [0.15, 0.2) is 36.4 Å². The van der Waals surface area contributed by atoms with Crippen LogP contribution < -0.4 is 25.3 Å². The smallest absolute Gasteiger partial charge is 0.417 e. The summed E-state index contributed by atoms with van der Waals surface area (Å²) in [7, 11) is 0. The summed E-state index contributed by atoms with van der Waals surface area (Å²) < 4.78 is 48.3. The van der Waals surface area contributed by atoms with Crippen LogP contribution >= 0.6 is 12.2 Å². The van der Waals surface area contributed by atoms with Gasteiger partial charge in [-0.05, 0) is 68.9 Å². The maximum atomic E-state index is 13.6. The summed E-state index contributed by atoms with van der Waals surface area (Å²) in [5, 5.41) is 12.0. The number of aromatic nitrogens is 2. The molecule has 0 saturated carbocycles. The van der Waals surface area contributed by atoms with E-state index in [0.29, 0.717) is 47.2 Å². The van der Waals surface area contributed by atoms with Crippen molar-refractivity contribution in [2.24, 2.45) is 0 Å². The second-order valence-electron chi connectivity index (χ2n) is 9.68. The first-order chi connectivity index (χ1) is 20.0. The minimum absolute atomic E-state index is 0.0358. The normalized spacial score (nSPS) is 16.7. The van der Waals surface area contributed by atoms with Gasteiger partial charge in [0.25, 0.3) is 11.8 Å². The maximum absolute atomic E-state index is 13.6. The number of ether oxygens (including phenoxy) is 1. The number of alkyl halides is 3. The first-order valence-corrected chi connectivity index (χ1v) is 13.6. The van der Waals surface area contributed by atoms with Gasteiger partial charge in [0.05, 0.1) is 35.2 Å². The fourth-order valence-electron chi connectivity index (χ4n) is 5.07. The van der Waals surface area contributed by atoms with E-state index in [4.69, 9.17) is 22.2 Å². The van der Waals surface area contributed by atoms with E-state index < -0.39 is 29.4 Å². The predicted octanol–water partition coefficient (Wildman–Crippen LogP) is 4.56. The molecule has 2 amide bonds. The van der Waals surface area contributed by atoms with Crippen LogP contribution in [0.4, 0.5) is 24.5 Å². The average Bonchev–Trinajstić information content (AvgIpc) is 3.43. The molecule has 0 bridgehead atoms. The van der Waals surface area contributed by atoms with E-state index >= 15 is 0 Å². The van der Waals surface area contributed by atoms with Gasteiger partial charge in [0.1, 0.15) is 24.3 Å². The largest absolute Gasteiger partial charge is 0.493 e. The number of halogens is 3. The molecule has 0 radical (unpaired) electrons. The summed E-state index contributed by atoms with van der Waals surface area (Å²) in [6.07, 6.45) is -4.05. The number of rotatable bonds is 7. The number of nitrogens with zero attached hydrogens (tertiary/aromatic N) is 5. The summed E-state index contributed by atoms with van der Waals surface area (Å²) in [5.41, 5.74) is 3.51. The average molecular weight is 598 g/mol. The van der Waals surface area contributed by atoms with Gasteiger partial charge >= 0.3 is 6.18 Å². The molecule has 10 nitrogen and oxygen atoms in total. The van der Waals surface area contributed by atoms with Crippen LogP contribution in [0.5, 0.6) is 5.75 Å². The van der Waals surface area contributed by atoms with E-state index in [-0.39, 0.29) is 23.3 Å². The minimum atomic E-state index is -4.79. The van der Waals surface area contributed by atoms with E-state index in [0.717, 1.165) is 23.5 Å². The Kier molecular flexibility index (Phi) is 7.55. The van der Waals surface area contributed by atoms with Gasteiger partial charge in [-0.3, -0.25) is 19.9 Å². The summed E-state index contributed by atoms with van der Waals surface area (Å²) in [4.78, 5) is 33.2. The topological polar surface area (TPSA) is 116 Å². The van der Waals surface area contributed by atoms with E-state index in [9.17, 15) is 22.8 Å². The number of nitriles is 1. The highest BCUT2D eigenvalue weighted by atomic mass is 32.1. The lowest BCUT2D eigenvalue weighted by Gasteiger charge is -2.31. The van der Waals surface area contributed by atoms with Crippen LogP contribution in [-0.2, 0) is 17.4 Å². The molecular formula is C28H26F3N7O3S. The van der Waals surface area contributed by atoms with Crippen molar-refractivity contribution < 1.29 is 27.5 Å². The molecule has 42 heavy (non-hydrogen) atoms. The van der Waals surface area contributed by atoms with Gasteiger partial charge in [-0.15, -0.1) is 0 Å². The van der Waals surface area contributed by atoms with Gasteiger partial charge < -0.3 is 15.0 Å². The Labute approximate surface area is 244 Å². The number of nitrogens with one attached hydrogen (secondary N) is 2. The zero-order chi connectivity index (χ0) is 30.3. The van der Waals surface area contributed by atoms with Crippen molar-refractivity contribution in [2.45, 2.75) is 46.0 Å². The fraction of sp³-hybridized carbons (Fsp3) is 0.321. The lowest BCUT2D eigenvalue weighted by atomic mass is 10.1. The van der Waals surface area contributed by atoms with E-state index in [2.05, 4.69) is 15.7 Å². The van der Waals surface area contributed by atoms with Crippen molar-refractivity contribution in [3.63, 3.8) is 0 Å². The van der Waals surface area contributed by atoms with E-state index in [1.807, 2.05) is 13.8 Å². The number of thiocarbonyl (C=S) groups is 1. The lowest BCUT2D eigenvalue weighted by molar-refractivity contribution is -0.137. The number of hydrogen-bond acceptors (Lipinski definition) is 7. The molecule has 2 aliphatic rings. The molecule has 1 saturated heterocycles. The zero-order valence-corrected chi connectivity index (χ0v) is 23.7. The van der Waals surface area contributed by atoms with E-state index in [1.165, 1.54) is 17.0 Å². The number of anilines is 2. The van der Waals surface area contributed by atoms with Gasteiger partial charge in [-0.25, -0.2) is 9.66 Å². The van der Waals surface area contributed by atoms with Crippen molar-refractivity contribution in [1.29, 1.82) is 5.26 Å². The molecule has 2 aliphatic heterocycles. The SMILES string of the molecule is CCCc1nc(C)c2n1NC(c1cc(N3CC(=O)N(c4ccc(C#N)c(C(F)(F)F)c4)C3=S)ccc1OCC)NC2=O. The van der Waals surface area contributed by atoms with Crippen molar-refractivity contribution in [1.82, 2.24) is 15.0 Å². The minimum Gasteiger partial charge on any atom is -0.493 e. The summed E-state index contributed by atoms with van der Waals surface area (Å²) in [5.74, 6) is 0.326. The molecule has 1 atom stereocenters. The lowest BCUT2D eigenvalue weighted by Crippen LogP contribution is -2.45. The molecule has 1 unspecified atom stereocenters. The monoisotopic (exact) mass is 597 g/mol. The molecule has 0 spiro atoms. The molecule has 5 rings (SSSR count). The second-order valence-corrected chi connectivity index (χ2v) is 10.0. The summed E-state index contributed by atoms with van der Waals surface area (Å²) in [6.45, 7) is 5.71. The van der Waals surface area contributed by atoms with Crippen LogP contribution in [0.25, 0.3) is 0 Å². The number of aryl methyl sites for hydroxylation is 2. The van der Waals surface area contributed by atoms with Crippen LogP contribution in [0.1, 0.15) is 65.1 Å². The standard InChI is InChI=1S/C28H26F3N7O3S/c1-4-6-22-33-15(3)24-26(40)34-25(35-38(22)24)19-11-17(9-10-21(19)41-5-2)36-14-23(39)37(27(36)42)18-8-7-16(13-32)20(12-18)28(29,30)31/h7-12,25,35H,4-6,14H2,1-3H3,(H,34,40). The molecular weight excluding hydrogens is 571 g/mol. The molecule has 3 heterocycles. The Morgan fingerprint density at radius 1 is 1.17 bits per heavy atom. The Morgan fingerprint density at radius 3 is 2.57 bits per heavy atom. The highest BCUT2D eigenvalue weighted by molar-refractivity contribution is 7.81. The van der Waals surface area contributed by atoms with Crippen molar-refractivity contribution in [3.8, 4) is 11.8 Å². The molecule has 1 fully saturated rings. The highest BCUT2D eigenvalue weighted by Gasteiger charge is 2.39. The number of amides is 2. The fourth-order valence-corrected chi connectivity index (χ4v) is 5.45. The molecule has 1 aromatic heterocycles. The predicted molar refractivity (Wildman–Crippen MR) is 152 cm³/mol. The molecule has 2 N–H and O–H groups in total. The van der Waals surface area contributed by atoms with Crippen LogP contribution in [0.3, 0.4) is 0 Å². The molecule has 218 valence electrons. The van der Waals surface area contributed by atoms with Crippen LogP contribution in [0.2, 0.25) is 0 Å². The Balaban J connectivity index is 1.50. The van der Waals surface area contributed by atoms with Gasteiger partial charge in [0, 0.05) is 17.7 Å². The van der Waals surface area contributed by atoms with Crippen molar-refractivity contribution >= 4 is 40.5 Å². The van der Waals surface area contributed by atoms with Crippen LogP contribution in [-0.4, -0.2) is 39.7 Å². The number of carbonyl (C=O) groups is 2. The maximum Gasteiger partial charge on any atom is 0.417 e. The number of benzene rings is 2. The third-order valence-corrected chi connectivity index (χ3v) is 7.31. The van der Waals surface area contributed by atoms with Gasteiger partial charge in [0.15, 0.2) is 10.8 Å². The summed E-state index contributed by atoms with van der Waals surface area (Å²) in [6, 6.07) is 9.62. The van der Waals surface area contributed by atoms with Crippen molar-refractivity contribution in [3.05, 3.63) is 70.3 Å². The molecule has 14 heteroatoms. The van der Waals surface area contributed by atoms with Gasteiger partial charge in [-0.2, -0.15) is 18.4 Å². The Hall–Kier alpha value is -4.64. The third kappa shape index (κ3) is 5.00. The molecule has 2 aromatic carbocycles. The zero-order valence-electron chi connectivity index (χ0n) is 22.9. The number of hydrogen-bond donors (Lipinski definition) is 2. The first-order valence-electron chi connectivity index (χ1n) is 13.2. The first kappa shape index (κ1) is 28.9. The number of imidazole rings is 1. The van der Waals surface area contributed by atoms with Gasteiger partial charge in [-0.1, -0.05) is 6.92 Å². The Bertz CT molecular complexity index is 1650. The molecule has 3 aromatic rings. The second kappa shape index (κ2) is 11.0. The van der Waals surface area contributed by atoms with Crippen molar-refractivity contribution in [2.75, 3.05) is 28.4 Å². The number of carbonyl (C=O) groups excluding carboxylic acids is 2. The quantitative estimate of drug-likeness (QED) is 0.381. The Morgan fingerprint density at radius 2 is 1.90 bits per heavy atom. The van der Waals surface area contributed by atoms with Crippen LogP contribution in [0, 0.1) is 18.3 Å². The highest BCUT2D eigenvalue weighted by Crippen LogP contribution is 2.37.